The summed E-state index contributed by atoms with van der Waals surface area (Å²) in [5, 5.41) is 5.28. The van der Waals surface area contributed by atoms with Crippen LogP contribution in [0.3, 0.4) is 0 Å². The van der Waals surface area contributed by atoms with Crippen molar-refractivity contribution in [2.24, 2.45) is 0 Å². The Morgan fingerprint density at radius 2 is 1.63 bits per heavy atom. The Morgan fingerprint density at radius 1 is 0.852 bits per heavy atom. The van der Waals surface area contributed by atoms with Gasteiger partial charge in [-0.3, -0.25) is 10.2 Å². The van der Waals surface area contributed by atoms with E-state index in [0.29, 0.717) is 21.5 Å². The molecule has 3 amide bonds. The number of carbonyl (C=O) groups is 2. The van der Waals surface area contributed by atoms with Crippen LogP contribution in [0.5, 0.6) is 5.75 Å². The van der Waals surface area contributed by atoms with Crippen molar-refractivity contribution in [1.29, 1.82) is 0 Å². The number of fused-ring (bicyclic) bond motifs is 1. The van der Waals surface area contributed by atoms with Crippen molar-refractivity contribution in [3.05, 3.63) is 70.7 Å². The van der Waals surface area contributed by atoms with E-state index in [0.717, 1.165) is 10.8 Å². The summed E-state index contributed by atoms with van der Waals surface area (Å²) in [5.41, 5.74) is 4.91. The molecular weight excluding hydrogens is 389 g/mol. The van der Waals surface area contributed by atoms with E-state index in [4.69, 9.17) is 27.9 Å². The third-order valence-electron chi connectivity index (χ3n) is 3.58. The highest BCUT2D eigenvalue weighted by atomic mass is 35.5. The van der Waals surface area contributed by atoms with E-state index in [-0.39, 0.29) is 6.61 Å². The summed E-state index contributed by atoms with van der Waals surface area (Å²) in [4.78, 5) is 23.6. The number of hydrogen-bond donors (Lipinski definition) is 3. The zero-order valence-corrected chi connectivity index (χ0v) is 15.5. The molecule has 3 aromatic rings. The summed E-state index contributed by atoms with van der Waals surface area (Å²) in [6, 6.07) is 17.3. The molecule has 0 atom stereocenters. The van der Waals surface area contributed by atoms with E-state index in [1.807, 2.05) is 36.4 Å². The molecule has 8 heteroatoms. The van der Waals surface area contributed by atoms with Gasteiger partial charge in [0.25, 0.3) is 5.91 Å². The molecule has 3 N–H and O–H groups in total. The molecule has 138 valence electrons. The number of rotatable bonds is 4. The zero-order chi connectivity index (χ0) is 19.2. The maximum Gasteiger partial charge on any atom is 0.337 e. The first-order chi connectivity index (χ1) is 13.0. The van der Waals surface area contributed by atoms with Gasteiger partial charge in [-0.25, -0.2) is 10.2 Å². The molecule has 0 saturated carbocycles. The second-order valence-electron chi connectivity index (χ2n) is 5.55. The highest BCUT2D eigenvalue weighted by molar-refractivity contribution is 6.42. The van der Waals surface area contributed by atoms with Crippen molar-refractivity contribution in [1.82, 2.24) is 10.9 Å². The fraction of sp³-hybridized carbons (Fsp3) is 0.0526. The fourth-order valence-corrected chi connectivity index (χ4v) is 2.60. The fourth-order valence-electron chi connectivity index (χ4n) is 2.30. The van der Waals surface area contributed by atoms with Crippen LogP contribution in [0, 0.1) is 0 Å². The average molecular weight is 404 g/mol. The molecule has 0 heterocycles. The number of benzene rings is 3. The number of urea groups is 1. The van der Waals surface area contributed by atoms with Crippen LogP contribution in [0.15, 0.2) is 60.7 Å². The zero-order valence-electron chi connectivity index (χ0n) is 14.0. The lowest BCUT2D eigenvalue weighted by Crippen LogP contribution is -2.45. The van der Waals surface area contributed by atoms with Crippen LogP contribution in [-0.4, -0.2) is 18.5 Å². The second kappa shape index (κ2) is 8.62. The van der Waals surface area contributed by atoms with E-state index >= 15 is 0 Å². The number of ether oxygens (including phenoxy) is 1. The number of hydrazine groups is 1. The van der Waals surface area contributed by atoms with Crippen LogP contribution in [0.2, 0.25) is 10.0 Å². The third-order valence-corrected chi connectivity index (χ3v) is 4.32. The smallest absolute Gasteiger partial charge is 0.337 e. The van der Waals surface area contributed by atoms with Gasteiger partial charge >= 0.3 is 6.03 Å². The van der Waals surface area contributed by atoms with Crippen LogP contribution < -0.4 is 20.9 Å². The molecule has 0 radical (unpaired) electrons. The van der Waals surface area contributed by atoms with Gasteiger partial charge in [0.15, 0.2) is 6.61 Å². The predicted molar refractivity (Wildman–Crippen MR) is 106 cm³/mol. The number of carbonyl (C=O) groups excluding carboxylic acids is 2. The van der Waals surface area contributed by atoms with E-state index in [9.17, 15) is 9.59 Å². The normalized spacial score (nSPS) is 10.3. The Labute approximate surface area is 165 Å². The second-order valence-corrected chi connectivity index (χ2v) is 6.37. The summed E-state index contributed by atoms with van der Waals surface area (Å²) >= 11 is 11.7. The molecule has 0 bridgehead atoms. The largest absolute Gasteiger partial charge is 0.484 e. The van der Waals surface area contributed by atoms with Crippen LogP contribution in [0.4, 0.5) is 10.5 Å². The molecule has 0 fully saturated rings. The number of hydrogen-bond acceptors (Lipinski definition) is 3. The van der Waals surface area contributed by atoms with Gasteiger partial charge in [0.1, 0.15) is 5.75 Å². The summed E-state index contributed by atoms with van der Waals surface area (Å²) in [5.74, 6) is 0.0524. The molecule has 6 nitrogen and oxygen atoms in total. The molecule has 0 spiro atoms. The number of halogens is 2. The predicted octanol–water partition coefficient (Wildman–Crippen LogP) is 4.38. The Hall–Kier alpha value is -2.96. The standard InChI is InChI=1S/C19H15Cl2N3O3/c20-16-8-6-14(10-17(16)21)22-19(26)24-23-18(25)11-27-15-7-5-12-3-1-2-4-13(12)9-15/h1-10H,11H2,(H,23,25)(H2,22,24,26). The van der Waals surface area contributed by atoms with Crippen molar-refractivity contribution in [2.75, 3.05) is 11.9 Å². The van der Waals surface area contributed by atoms with Crippen molar-refractivity contribution in [2.45, 2.75) is 0 Å². The number of anilines is 1. The molecule has 0 unspecified atom stereocenters. The molecule has 0 aromatic heterocycles. The maximum absolute atomic E-state index is 11.8. The van der Waals surface area contributed by atoms with E-state index in [2.05, 4.69) is 16.2 Å². The molecular formula is C19H15Cl2N3O3. The van der Waals surface area contributed by atoms with Gasteiger partial charge in [0, 0.05) is 5.69 Å². The van der Waals surface area contributed by atoms with Crippen LogP contribution in [0.1, 0.15) is 0 Å². The van der Waals surface area contributed by atoms with Gasteiger partial charge in [-0.15, -0.1) is 0 Å². The van der Waals surface area contributed by atoms with Gasteiger partial charge in [-0.05, 0) is 41.1 Å². The number of amides is 3. The highest BCUT2D eigenvalue weighted by Crippen LogP contribution is 2.24. The molecule has 0 aliphatic carbocycles. The molecule has 3 rings (SSSR count). The first-order valence-corrected chi connectivity index (χ1v) is 8.69. The lowest BCUT2D eigenvalue weighted by Gasteiger charge is -2.10. The lowest BCUT2D eigenvalue weighted by atomic mass is 10.1. The monoisotopic (exact) mass is 403 g/mol. The third kappa shape index (κ3) is 5.26. The minimum atomic E-state index is -0.632. The van der Waals surface area contributed by atoms with Gasteiger partial charge in [0.2, 0.25) is 0 Å². The Morgan fingerprint density at radius 3 is 2.41 bits per heavy atom. The molecule has 0 aliphatic rings. The molecule has 27 heavy (non-hydrogen) atoms. The van der Waals surface area contributed by atoms with Gasteiger partial charge in [-0.1, -0.05) is 53.5 Å². The van der Waals surface area contributed by atoms with Crippen molar-refractivity contribution < 1.29 is 14.3 Å². The maximum atomic E-state index is 11.8. The Kier molecular flexibility index (Phi) is 6.01. The summed E-state index contributed by atoms with van der Waals surface area (Å²) in [6.07, 6.45) is 0. The van der Waals surface area contributed by atoms with Crippen LogP contribution in [0.25, 0.3) is 10.8 Å². The van der Waals surface area contributed by atoms with Gasteiger partial charge in [-0.2, -0.15) is 0 Å². The highest BCUT2D eigenvalue weighted by Gasteiger charge is 2.07. The average Bonchev–Trinajstić information content (AvgIpc) is 2.67. The van der Waals surface area contributed by atoms with E-state index < -0.39 is 11.9 Å². The van der Waals surface area contributed by atoms with Gasteiger partial charge in [0.05, 0.1) is 10.0 Å². The van der Waals surface area contributed by atoms with Crippen LogP contribution >= 0.6 is 23.2 Å². The topological polar surface area (TPSA) is 79.5 Å². The number of nitrogens with one attached hydrogen (secondary N) is 3. The summed E-state index contributed by atoms with van der Waals surface area (Å²) < 4.78 is 5.44. The summed E-state index contributed by atoms with van der Waals surface area (Å²) in [6.45, 7) is -0.245. The van der Waals surface area contributed by atoms with E-state index in [1.165, 1.54) is 6.07 Å². The lowest BCUT2D eigenvalue weighted by molar-refractivity contribution is -0.123. The Balaban J connectivity index is 1.45. The summed E-state index contributed by atoms with van der Waals surface area (Å²) in [7, 11) is 0. The molecule has 3 aromatic carbocycles. The van der Waals surface area contributed by atoms with E-state index in [1.54, 1.807) is 18.2 Å². The first-order valence-electron chi connectivity index (χ1n) is 7.94. The first kappa shape index (κ1) is 18.8. The Bertz CT molecular complexity index is 995. The van der Waals surface area contributed by atoms with Crippen molar-refractivity contribution in [3.8, 4) is 5.75 Å². The van der Waals surface area contributed by atoms with Gasteiger partial charge < -0.3 is 10.1 Å². The minimum Gasteiger partial charge on any atom is -0.484 e. The minimum absolute atomic E-state index is 0.245. The SMILES string of the molecule is O=C(COc1ccc2ccccc2c1)NNC(=O)Nc1ccc(Cl)c(Cl)c1. The molecule has 0 aliphatic heterocycles. The van der Waals surface area contributed by atoms with Crippen molar-refractivity contribution >= 4 is 51.6 Å². The van der Waals surface area contributed by atoms with Crippen molar-refractivity contribution in [3.63, 3.8) is 0 Å². The van der Waals surface area contributed by atoms with Crippen LogP contribution in [-0.2, 0) is 4.79 Å². The quantitative estimate of drug-likeness (QED) is 0.565. The molecule has 0 saturated heterocycles.